The Morgan fingerprint density at radius 3 is 3.00 bits per heavy atom. The van der Waals surface area contributed by atoms with Crippen LogP contribution in [0.1, 0.15) is 30.8 Å². The zero-order valence-electron chi connectivity index (χ0n) is 11.1. The highest BCUT2D eigenvalue weighted by molar-refractivity contribution is 5.92. The van der Waals surface area contributed by atoms with Crippen LogP contribution in [0.15, 0.2) is 24.4 Å². The van der Waals surface area contributed by atoms with Gasteiger partial charge < -0.3 is 10.2 Å². The molecule has 1 aliphatic rings. The van der Waals surface area contributed by atoms with E-state index in [1.54, 1.807) is 12.3 Å². The molecule has 1 amide bonds. The van der Waals surface area contributed by atoms with Crippen LogP contribution < -0.4 is 5.32 Å². The summed E-state index contributed by atoms with van der Waals surface area (Å²) < 4.78 is 0. The van der Waals surface area contributed by atoms with Crippen LogP contribution >= 0.6 is 0 Å². The van der Waals surface area contributed by atoms with E-state index < -0.39 is 0 Å². The largest absolute Gasteiger partial charge is 0.336 e. The van der Waals surface area contributed by atoms with Gasteiger partial charge in [-0.15, -0.1) is 0 Å². The molecular formula is C14H21N3O. The van der Waals surface area contributed by atoms with Crippen molar-refractivity contribution in [3.05, 3.63) is 30.1 Å². The van der Waals surface area contributed by atoms with Crippen LogP contribution in [0.2, 0.25) is 0 Å². The van der Waals surface area contributed by atoms with Crippen LogP contribution in [0.4, 0.5) is 0 Å². The summed E-state index contributed by atoms with van der Waals surface area (Å²) in [6.07, 6.45) is 2.67. The molecule has 1 aromatic heterocycles. The molecule has 1 fully saturated rings. The molecule has 4 nitrogen and oxygen atoms in total. The molecule has 1 aliphatic heterocycles. The molecule has 2 rings (SSSR count). The third-order valence-electron chi connectivity index (χ3n) is 3.40. The maximum Gasteiger partial charge on any atom is 0.272 e. The lowest BCUT2D eigenvalue weighted by atomic mass is 10.0. The molecular weight excluding hydrogens is 226 g/mol. The molecule has 0 aliphatic carbocycles. The van der Waals surface area contributed by atoms with E-state index in [0.717, 1.165) is 26.1 Å². The SMILES string of the molecule is CC(C)C1CN(C(=O)c2ccccn2)CCCN1. The third-order valence-corrected chi connectivity index (χ3v) is 3.40. The number of hydrogen-bond donors (Lipinski definition) is 1. The quantitative estimate of drug-likeness (QED) is 0.862. The first-order chi connectivity index (χ1) is 8.68. The zero-order chi connectivity index (χ0) is 13.0. The first-order valence-electron chi connectivity index (χ1n) is 6.62. The van der Waals surface area contributed by atoms with Crippen LogP contribution in [-0.4, -0.2) is 41.5 Å². The topological polar surface area (TPSA) is 45.2 Å². The van der Waals surface area contributed by atoms with Crippen molar-refractivity contribution in [2.45, 2.75) is 26.3 Å². The fourth-order valence-electron chi connectivity index (χ4n) is 2.23. The van der Waals surface area contributed by atoms with Gasteiger partial charge in [-0.25, -0.2) is 0 Å². The number of hydrogen-bond acceptors (Lipinski definition) is 3. The number of carbonyl (C=O) groups excluding carboxylic acids is 1. The predicted octanol–water partition coefficient (Wildman–Crippen LogP) is 1.54. The van der Waals surface area contributed by atoms with E-state index in [2.05, 4.69) is 24.1 Å². The van der Waals surface area contributed by atoms with E-state index in [1.165, 1.54) is 0 Å². The number of carbonyl (C=O) groups is 1. The van der Waals surface area contributed by atoms with E-state index >= 15 is 0 Å². The van der Waals surface area contributed by atoms with Gasteiger partial charge in [0.15, 0.2) is 0 Å². The number of rotatable bonds is 2. The van der Waals surface area contributed by atoms with Crippen molar-refractivity contribution < 1.29 is 4.79 Å². The lowest BCUT2D eigenvalue weighted by Crippen LogP contribution is -2.43. The highest BCUT2D eigenvalue weighted by atomic mass is 16.2. The molecule has 1 N–H and O–H groups in total. The highest BCUT2D eigenvalue weighted by Gasteiger charge is 2.24. The fourth-order valence-corrected chi connectivity index (χ4v) is 2.23. The van der Waals surface area contributed by atoms with E-state index in [-0.39, 0.29) is 5.91 Å². The molecule has 1 saturated heterocycles. The Balaban J connectivity index is 2.09. The van der Waals surface area contributed by atoms with Crippen molar-refractivity contribution in [1.29, 1.82) is 0 Å². The Morgan fingerprint density at radius 1 is 1.50 bits per heavy atom. The molecule has 0 radical (unpaired) electrons. The summed E-state index contributed by atoms with van der Waals surface area (Å²) in [5.41, 5.74) is 0.543. The standard InChI is InChI=1S/C14H21N3O/c1-11(2)13-10-17(9-5-8-16-13)14(18)12-6-3-4-7-15-12/h3-4,6-7,11,13,16H,5,8-10H2,1-2H3. The van der Waals surface area contributed by atoms with Crippen molar-refractivity contribution in [3.63, 3.8) is 0 Å². The summed E-state index contributed by atoms with van der Waals surface area (Å²) in [4.78, 5) is 18.4. The molecule has 18 heavy (non-hydrogen) atoms. The van der Waals surface area contributed by atoms with Crippen molar-refractivity contribution >= 4 is 5.91 Å². The molecule has 1 atom stereocenters. The molecule has 0 saturated carbocycles. The maximum absolute atomic E-state index is 12.4. The average Bonchev–Trinajstić information content (AvgIpc) is 2.65. The lowest BCUT2D eigenvalue weighted by Gasteiger charge is -2.26. The zero-order valence-corrected chi connectivity index (χ0v) is 11.1. The molecule has 1 unspecified atom stereocenters. The Hall–Kier alpha value is -1.42. The van der Waals surface area contributed by atoms with Crippen LogP contribution in [0.3, 0.4) is 0 Å². The summed E-state index contributed by atoms with van der Waals surface area (Å²) in [7, 11) is 0. The average molecular weight is 247 g/mol. The normalized spacial score (nSPS) is 20.8. The molecule has 98 valence electrons. The van der Waals surface area contributed by atoms with Crippen LogP contribution in [0, 0.1) is 5.92 Å². The Morgan fingerprint density at radius 2 is 2.33 bits per heavy atom. The Labute approximate surface area is 108 Å². The molecule has 2 heterocycles. The number of amides is 1. The van der Waals surface area contributed by atoms with Gasteiger partial charge in [-0.2, -0.15) is 0 Å². The van der Waals surface area contributed by atoms with Gasteiger partial charge in [-0.05, 0) is 31.0 Å². The summed E-state index contributed by atoms with van der Waals surface area (Å²) in [6, 6.07) is 5.85. The minimum atomic E-state index is 0.0463. The second-order valence-electron chi connectivity index (χ2n) is 5.12. The lowest BCUT2D eigenvalue weighted by molar-refractivity contribution is 0.0739. The van der Waals surface area contributed by atoms with Crippen LogP contribution in [-0.2, 0) is 0 Å². The molecule has 1 aromatic rings. The number of pyridine rings is 1. The summed E-state index contributed by atoms with van der Waals surface area (Å²) >= 11 is 0. The summed E-state index contributed by atoms with van der Waals surface area (Å²) in [5.74, 6) is 0.576. The van der Waals surface area contributed by atoms with Crippen LogP contribution in [0.25, 0.3) is 0 Å². The first-order valence-corrected chi connectivity index (χ1v) is 6.62. The van der Waals surface area contributed by atoms with E-state index in [1.807, 2.05) is 17.0 Å². The molecule has 0 aromatic carbocycles. The highest BCUT2D eigenvalue weighted by Crippen LogP contribution is 2.11. The van der Waals surface area contributed by atoms with Gasteiger partial charge in [0.05, 0.1) is 0 Å². The first kappa shape index (κ1) is 13.0. The fraction of sp³-hybridized carbons (Fsp3) is 0.571. The minimum Gasteiger partial charge on any atom is -0.336 e. The summed E-state index contributed by atoms with van der Waals surface area (Å²) in [6.45, 7) is 6.94. The number of nitrogens with one attached hydrogen (secondary N) is 1. The predicted molar refractivity (Wildman–Crippen MR) is 71.4 cm³/mol. The second-order valence-corrected chi connectivity index (χ2v) is 5.12. The van der Waals surface area contributed by atoms with E-state index in [0.29, 0.717) is 17.7 Å². The maximum atomic E-state index is 12.4. The molecule has 0 bridgehead atoms. The van der Waals surface area contributed by atoms with Gasteiger partial charge in [0, 0.05) is 25.3 Å². The number of nitrogens with zero attached hydrogens (tertiary/aromatic N) is 2. The van der Waals surface area contributed by atoms with Crippen LogP contribution in [0.5, 0.6) is 0 Å². The van der Waals surface area contributed by atoms with Gasteiger partial charge in [-0.1, -0.05) is 19.9 Å². The van der Waals surface area contributed by atoms with Crippen molar-refractivity contribution in [3.8, 4) is 0 Å². The van der Waals surface area contributed by atoms with Gasteiger partial charge in [0.2, 0.25) is 0 Å². The van der Waals surface area contributed by atoms with Gasteiger partial charge >= 0.3 is 0 Å². The minimum absolute atomic E-state index is 0.0463. The van der Waals surface area contributed by atoms with Gasteiger partial charge in [0.25, 0.3) is 5.91 Å². The third kappa shape index (κ3) is 3.07. The van der Waals surface area contributed by atoms with E-state index in [9.17, 15) is 4.79 Å². The monoisotopic (exact) mass is 247 g/mol. The van der Waals surface area contributed by atoms with Gasteiger partial charge in [0.1, 0.15) is 5.69 Å². The molecule has 0 spiro atoms. The van der Waals surface area contributed by atoms with Gasteiger partial charge in [-0.3, -0.25) is 9.78 Å². The van der Waals surface area contributed by atoms with E-state index in [4.69, 9.17) is 0 Å². The summed E-state index contributed by atoms with van der Waals surface area (Å²) in [5, 5.41) is 3.50. The van der Waals surface area contributed by atoms with Crippen molar-refractivity contribution in [2.75, 3.05) is 19.6 Å². The number of aromatic nitrogens is 1. The van der Waals surface area contributed by atoms with Crippen molar-refractivity contribution in [2.24, 2.45) is 5.92 Å². The van der Waals surface area contributed by atoms with Crippen molar-refractivity contribution in [1.82, 2.24) is 15.2 Å². The smallest absolute Gasteiger partial charge is 0.272 e. The molecule has 4 heteroatoms. The Bertz CT molecular complexity index is 391. The Kier molecular flexibility index (Phi) is 4.31. The second kappa shape index (κ2) is 5.96.